The average Bonchev–Trinajstić information content (AvgIpc) is 2.38. The van der Waals surface area contributed by atoms with Crippen LogP contribution in [0.3, 0.4) is 0 Å². The maximum Gasteiger partial charge on any atom is 2.00 e. The van der Waals surface area contributed by atoms with Crippen molar-refractivity contribution >= 4 is 52.9 Å². The topological polar surface area (TPSA) is 133 Å². The van der Waals surface area contributed by atoms with Gasteiger partial charge >= 0.3 is 37.7 Å². The van der Waals surface area contributed by atoms with Crippen LogP contribution in [0.25, 0.3) is 0 Å². The summed E-state index contributed by atoms with van der Waals surface area (Å²) in [6, 6.07) is -0.314. The first-order chi connectivity index (χ1) is 7.71. The van der Waals surface area contributed by atoms with Gasteiger partial charge in [-0.1, -0.05) is 25.7 Å². The molecule has 1 fully saturated rings. The molecule has 2 unspecified atom stereocenters. The van der Waals surface area contributed by atoms with E-state index < -0.39 is 20.7 Å². The summed E-state index contributed by atoms with van der Waals surface area (Å²) >= 11 is 0. The van der Waals surface area contributed by atoms with Gasteiger partial charge in [-0.2, -0.15) is 0 Å². The maximum absolute atomic E-state index is 10.9. The van der Waals surface area contributed by atoms with E-state index in [-0.39, 0.29) is 43.8 Å². The molecule has 0 aromatic rings. The molecule has 1 saturated carbocycles. The van der Waals surface area contributed by atoms with E-state index in [1.165, 1.54) is 0 Å². The number of rotatable bonds is 4. The summed E-state index contributed by atoms with van der Waals surface area (Å²) in [6.07, 6.45) is 5.05. The molecule has 0 spiro atoms. The van der Waals surface area contributed by atoms with Crippen molar-refractivity contribution in [1.29, 1.82) is 0 Å². The number of hydrogen-bond acceptors (Lipinski definition) is 5. The zero-order valence-corrected chi connectivity index (χ0v) is 14.0. The van der Waals surface area contributed by atoms with Gasteiger partial charge in [-0.3, -0.25) is 5.32 Å². The molecular formula is C8H17CaNO6P2. The van der Waals surface area contributed by atoms with E-state index in [0.717, 1.165) is 25.7 Å². The Balaban J connectivity index is 0.00000289. The molecule has 102 valence electrons. The molecule has 0 aliphatic heterocycles. The van der Waals surface area contributed by atoms with E-state index in [4.69, 9.17) is 9.79 Å². The van der Waals surface area contributed by atoms with Crippen LogP contribution >= 0.6 is 15.2 Å². The Morgan fingerprint density at radius 2 is 1.39 bits per heavy atom. The van der Waals surface area contributed by atoms with Crippen molar-refractivity contribution in [3.05, 3.63) is 0 Å². The molecule has 0 saturated heterocycles. The molecule has 18 heavy (non-hydrogen) atoms. The van der Waals surface area contributed by atoms with Gasteiger partial charge < -0.3 is 28.7 Å². The summed E-state index contributed by atoms with van der Waals surface area (Å²) in [5.41, 5.74) is -2.29. The molecule has 2 atom stereocenters. The molecule has 0 amide bonds. The number of nitrogens with one attached hydrogen (secondary N) is 1. The van der Waals surface area contributed by atoms with Gasteiger partial charge in [-0.25, -0.2) is 0 Å². The minimum Gasteiger partial charge on any atom is -0.777 e. The fraction of sp³-hybridized carbons (Fsp3) is 1.00. The van der Waals surface area contributed by atoms with Crippen LogP contribution in [0.1, 0.15) is 38.5 Å². The first-order valence-corrected chi connectivity index (χ1v) is 8.83. The van der Waals surface area contributed by atoms with E-state index in [1.807, 2.05) is 0 Å². The molecule has 7 nitrogen and oxygen atoms in total. The minimum atomic E-state index is -5.16. The fourth-order valence-electron chi connectivity index (χ4n) is 2.03. The molecule has 1 aliphatic rings. The van der Waals surface area contributed by atoms with E-state index in [2.05, 4.69) is 5.32 Å². The summed E-state index contributed by atoms with van der Waals surface area (Å²) in [4.78, 5) is 39.5. The van der Waals surface area contributed by atoms with E-state index in [0.29, 0.717) is 12.8 Å². The predicted octanol–water partition coefficient (Wildman–Crippen LogP) is -0.707. The Morgan fingerprint density at radius 3 is 1.72 bits per heavy atom. The molecule has 1 aliphatic carbocycles. The van der Waals surface area contributed by atoms with Crippen LogP contribution < -0.4 is 15.1 Å². The quantitative estimate of drug-likeness (QED) is 0.353. The van der Waals surface area contributed by atoms with Crippen molar-refractivity contribution in [3.8, 4) is 0 Å². The van der Waals surface area contributed by atoms with Crippen LogP contribution in [0.4, 0.5) is 0 Å². The smallest absolute Gasteiger partial charge is 0.777 e. The van der Waals surface area contributed by atoms with E-state index in [9.17, 15) is 18.9 Å². The van der Waals surface area contributed by atoms with Crippen molar-refractivity contribution in [1.82, 2.24) is 5.32 Å². The summed E-state index contributed by atoms with van der Waals surface area (Å²) in [5.74, 6) is 0. The summed E-state index contributed by atoms with van der Waals surface area (Å²) < 4.78 is 21.9. The van der Waals surface area contributed by atoms with Crippen LogP contribution in [0.5, 0.6) is 0 Å². The Labute approximate surface area is 136 Å². The summed E-state index contributed by atoms with van der Waals surface area (Å²) in [7, 11) is -10.3. The van der Waals surface area contributed by atoms with Crippen LogP contribution in [0.15, 0.2) is 0 Å². The minimum absolute atomic E-state index is 0. The first kappa shape index (κ1) is 19.5. The van der Waals surface area contributed by atoms with Gasteiger partial charge in [0.05, 0.1) is 0 Å². The first-order valence-electron chi connectivity index (χ1n) is 5.54. The molecular weight excluding hydrogens is 308 g/mol. The summed E-state index contributed by atoms with van der Waals surface area (Å²) in [5, 5.41) is 2.32. The Kier molecular flexibility index (Phi) is 8.77. The van der Waals surface area contributed by atoms with Crippen molar-refractivity contribution < 1.29 is 28.7 Å². The molecule has 0 bridgehead atoms. The van der Waals surface area contributed by atoms with Gasteiger partial charge in [-0.05, 0) is 12.8 Å². The zero-order valence-electron chi connectivity index (χ0n) is 10.0. The van der Waals surface area contributed by atoms with Gasteiger partial charge in [-0.15, -0.1) is 0 Å². The van der Waals surface area contributed by atoms with Gasteiger partial charge in [0.1, 0.15) is 5.52 Å². The van der Waals surface area contributed by atoms with Crippen molar-refractivity contribution in [2.75, 3.05) is 0 Å². The van der Waals surface area contributed by atoms with Crippen molar-refractivity contribution in [2.45, 2.75) is 50.1 Å². The summed E-state index contributed by atoms with van der Waals surface area (Å²) in [6.45, 7) is 0. The Hall–Kier alpha value is 1.52. The van der Waals surface area contributed by atoms with Crippen LogP contribution in [-0.2, 0) is 9.13 Å². The van der Waals surface area contributed by atoms with Gasteiger partial charge in [0.15, 0.2) is 15.2 Å². The fourth-order valence-corrected chi connectivity index (χ4v) is 4.30. The third-order valence-electron chi connectivity index (χ3n) is 2.86. The van der Waals surface area contributed by atoms with Crippen LogP contribution in [-0.4, -0.2) is 59.1 Å². The molecule has 0 heterocycles. The van der Waals surface area contributed by atoms with E-state index in [1.54, 1.807) is 0 Å². The molecule has 1 rings (SSSR count). The Morgan fingerprint density at radius 1 is 1.00 bits per heavy atom. The van der Waals surface area contributed by atoms with Crippen LogP contribution in [0, 0.1) is 0 Å². The zero-order chi connectivity index (χ0) is 13.1. The van der Waals surface area contributed by atoms with Gasteiger partial charge in [0, 0.05) is 6.04 Å². The van der Waals surface area contributed by atoms with Crippen molar-refractivity contribution in [3.63, 3.8) is 0 Å². The predicted molar refractivity (Wildman–Crippen MR) is 63.8 cm³/mol. The molecule has 0 radical (unpaired) electrons. The van der Waals surface area contributed by atoms with Crippen molar-refractivity contribution in [2.24, 2.45) is 0 Å². The standard InChI is InChI=1S/C8H19NO6P2.Ca/c10-16(11,12)8(17(13,14)15)9-7-5-3-1-2-4-6-7;/h7-9H,1-6H2,(H2,10,11,12)(H2,13,14,15);/q;+2/p-2. The largest absolute Gasteiger partial charge is 2.00 e. The second kappa shape index (κ2) is 8.08. The third-order valence-corrected chi connectivity index (χ3v) is 6.14. The molecule has 10 heteroatoms. The number of hydrogen-bond donors (Lipinski definition) is 3. The third kappa shape index (κ3) is 6.80. The second-order valence-electron chi connectivity index (χ2n) is 4.36. The normalized spacial score (nSPS) is 26.2. The van der Waals surface area contributed by atoms with Gasteiger partial charge in [0.25, 0.3) is 0 Å². The molecule has 3 N–H and O–H groups in total. The molecule has 0 aromatic heterocycles. The van der Waals surface area contributed by atoms with E-state index >= 15 is 0 Å². The monoisotopic (exact) mass is 325 g/mol. The second-order valence-corrected chi connectivity index (χ2v) is 8.05. The maximum atomic E-state index is 10.9. The Bertz CT molecular complexity index is 312. The SMILES string of the molecule is O=P([O-])(O)C(NC1CCCCCC1)P(=O)([O-])O.[Ca+2]. The average molecular weight is 325 g/mol. The van der Waals surface area contributed by atoms with Crippen LogP contribution in [0.2, 0.25) is 0 Å². The molecule has 0 aromatic carbocycles. The van der Waals surface area contributed by atoms with Gasteiger partial charge in [0.2, 0.25) is 0 Å².